The first-order valence-electron chi connectivity index (χ1n) is 11.3. The van der Waals surface area contributed by atoms with E-state index < -0.39 is 17.7 Å². The maximum absolute atomic E-state index is 13.4. The normalized spacial score (nSPS) is 16.7. The highest BCUT2D eigenvalue weighted by atomic mass is 16.5. The summed E-state index contributed by atoms with van der Waals surface area (Å²) in [6.07, 6.45) is 0. The fraction of sp³-hybridized carbons (Fsp3) is 0.214. The number of rotatable bonds is 8. The molecule has 0 aliphatic carbocycles. The van der Waals surface area contributed by atoms with Crippen molar-refractivity contribution < 1.29 is 33.6 Å². The van der Waals surface area contributed by atoms with E-state index in [2.05, 4.69) is 0 Å². The Bertz CT molecular complexity index is 1300. The Morgan fingerprint density at radius 2 is 1.44 bits per heavy atom. The summed E-state index contributed by atoms with van der Waals surface area (Å²) in [6.45, 7) is 2.37. The zero-order chi connectivity index (χ0) is 25.8. The van der Waals surface area contributed by atoms with Gasteiger partial charge in [-0.3, -0.25) is 14.5 Å². The van der Waals surface area contributed by atoms with E-state index in [0.29, 0.717) is 46.4 Å². The van der Waals surface area contributed by atoms with Gasteiger partial charge in [0.15, 0.2) is 0 Å². The van der Waals surface area contributed by atoms with E-state index in [1.54, 1.807) is 73.8 Å². The van der Waals surface area contributed by atoms with E-state index in [0.717, 1.165) is 0 Å². The molecular weight excluding hydrogens is 462 g/mol. The predicted octanol–water partition coefficient (Wildman–Crippen LogP) is 4.74. The summed E-state index contributed by atoms with van der Waals surface area (Å²) >= 11 is 0. The first-order chi connectivity index (χ1) is 17.4. The van der Waals surface area contributed by atoms with Gasteiger partial charge in [-0.1, -0.05) is 0 Å². The highest BCUT2D eigenvalue weighted by Crippen LogP contribution is 2.46. The van der Waals surface area contributed by atoms with E-state index in [1.165, 1.54) is 19.1 Å². The molecule has 0 bridgehead atoms. The molecule has 0 radical (unpaired) electrons. The van der Waals surface area contributed by atoms with Crippen LogP contribution in [0.25, 0.3) is 5.76 Å². The fourth-order valence-electron chi connectivity index (χ4n) is 4.21. The SMILES string of the molecule is CCOc1ccc(/C(O)=C2\C(=O)C(=O)N(c3ccc(OC)cc3)[C@H]2c2ccc(OC)cc2OC)cc1. The predicted molar refractivity (Wildman–Crippen MR) is 135 cm³/mol. The van der Waals surface area contributed by atoms with Gasteiger partial charge in [-0.2, -0.15) is 0 Å². The number of amides is 1. The molecule has 8 heteroatoms. The third kappa shape index (κ3) is 4.45. The van der Waals surface area contributed by atoms with E-state index >= 15 is 0 Å². The van der Waals surface area contributed by atoms with Crippen LogP contribution in [0.4, 0.5) is 5.69 Å². The lowest BCUT2D eigenvalue weighted by atomic mass is 9.94. The number of benzene rings is 3. The summed E-state index contributed by atoms with van der Waals surface area (Å²) in [7, 11) is 4.56. The van der Waals surface area contributed by atoms with Crippen molar-refractivity contribution in [2.24, 2.45) is 0 Å². The molecule has 1 atom stereocenters. The van der Waals surface area contributed by atoms with Crippen molar-refractivity contribution in [2.75, 3.05) is 32.8 Å². The molecule has 186 valence electrons. The number of ketones is 1. The number of aliphatic hydroxyl groups is 1. The number of anilines is 1. The molecule has 3 aromatic carbocycles. The number of hydrogen-bond donors (Lipinski definition) is 1. The number of aliphatic hydroxyl groups excluding tert-OH is 1. The molecule has 0 saturated carbocycles. The maximum atomic E-state index is 13.4. The third-order valence-electron chi connectivity index (χ3n) is 5.97. The Balaban J connectivity index is 1.92. The molecule has 4 rings (SSSR count). The second-order valence-electron chi connectivity index (χ2n) is 7.93. The molecule has 0 unspecified atom stereocenters. The molecule has 1 fully saturated rings. The quantitative estimate of drug-likeness (QED) is 0.278. The minimum Gasteiger partial charge on any atom is -0.507 e. The minimum absolute atomic E-state index is 0.0524. The smallest absolute Gasteiger partial charge is 0.300 e. The number of carbonyl (C=O) groups excluding carboxylic acids is 2. The molecular formula is C28H27NO7. The lowest BCUT2D eigenvalue weighted by Crippen LogP contribution is -2.29. The highest BCUT2D eigenvalue weighted by molar-refractivity contribution is 6.51. The summed E-state index contributed by atoms with van der Waals surface area (Å²) in [5, 5.41) is 11.3. The van der Waals surface area contributed by atoms with Crippen LogP contribution in [0.15, 0.2) is 72.3 Å². The molecule has 1 aliphatic rings. The minimum atomic E-state index is -0.953. The van der Waals surface area contributed by atoms with E-state index in [9.17, 15) is 14.7 Å². The zero-order valence-electron chi connectivity index (χ0n) is 20.5. The molecule has 1 saturated heterocycles. The van der Waals surface area contributed by atoms with Crippen molar-refractivity contribution in [3.63, 3.8) is 0 Å². The molecule has 1 aliphatic heterocycles. The van der Waals surface area contributed by atoms with Crippen molar-refractivity contribution in [3.05, 3.63) is 83.4 Å². The largest absolute Gasteiger partial charge is 0.507 e. The van der Waals surface area contributed by atoms with Gasteiger partial charge in [0, 0.05) is 22.9 Å². The van der Waals surface area contributed by atoms with Crippen LogP contribution in [-0.4, -0.2) is 44.7 Å². The molecule has 1 heterocycles. The Morgan fingerprint density at radius 1 is 0.833 bits per heavy atom. The van der Waals surface area contributed by atoms with Gasteiger partial charge in [-0.25, -0.2) is 0 Å². The molecule has 0 spiro atoms. The van der Waals surface area contributed by atoms with Gasteiger partial charge in [0.1, 0.15) is 28.8 Å². The van der Waals surface area contributed by atoms with E-state index in [4.69, 9.17) is 18.9 Å². The number of ether oxygens (including phenoxy) is 4. The molecule has 36 heavy (non-hydrogen) atoms. The topological polar surface area (TPSA) is 94.5 Å². The summed E-state index contributed by atoms with van der Waals surface area (Å²) in [4.78, 5) is 28.1. The number of hydrogen-bond acceptors (Lipinski definition) is 7. The van der Waals surface area contributed by atoms with Crippen LogP contribution in [0.1, 0.15) is 24.1 Å². The standard InChI is InChI=1S/C28H27NO7/c1-5-36-20-10-6-17(7-11-20)26(30)24-25(22-15-14-21(34-3)16-23(22)35-4)29(28(32)27(24)31)18-8-12-19(33-2)13-9-18/h6-16,25,30H,5H2,1-4H3/b26-24+/t25-/m0/s1. The second-order valence-corrected chi connectivity index (χ2v) is 7.93. The van der Waals surface area contributed by atoms with Gasteiger partial charge in [-0.15, -0.1) is 0 Å². The van der Waals surface area contributed by atoms with Crippen LogP contribution in [-0.2, 0) is 9.59 Å². The van der Waals surface area contributed by atoms with Crippen molar-refractivity contribution in [2.45, 2.75) is 13.0 Å². The Hall–Kier alpha value is -4.46. The van der Waals surface area contributed by atoms with Crippen molar-refractivity contribution in [1.82, 2.24) is 0 Å². The van der Waals surface area contributed by atoms with Gasteiger partial charge >= 0.3 is 0 Å². The zero-order valence-corrected chi connectivity index (χ0v) is 20.5. The lowest BCUT2D eigenvalue weighted by molar-refractivity contribution is -0.132. The van der Waals surface area contributed by atoms with E-state index in [1.807, 2.05) is 6.92 Å². The first-order valence-corrected chi connectivity index (χ1v) is 11.3. The van der Waals surface area contributed by atoms with Gasteiger partial charge < -0.3 is 24.1 Å². The highest BCUT2D eigenvalue weighted by Gasteiger charge is 2.48. The lowest BCUT2D eigenvalue weighted by Gasteiger charge is -2.27. The Morgan fingerprint density at radius 3 is 2.03 bits per heavy atom. The summed E-state index contributed by atoms with van der Waals surface area (Å²) in [5.41, 5.74) is 1.31. The molecule has 0 aromatic heterocycles. The number of nitrogens with zero attached hydrogens (tertiary/aromatic N) is 1. The Kier molecular flexibility index (Phi) is 7.15. The van der Waals surface area contributed by atoms with Gasteiger partial charge in [0.2, 0.25) is 0 Å². The van der Waals surface area contributed by atoms with Crippen molar-refractivity contribution >= 4 is 23.1 Å². The average molecular weight is 490 g/mol. The van der Waals surface area contributed by atoms with Gasteiger partial charge in [-0.05, 0) is 67.6 Å². The van der Waals surface area contributed by atoms with Gasteiger partial charge in [0.25, 0.3) is 11.7 Å². The molecule has 1 amide bonds. The van der Waals surface area contributed by atoms with Crippen LogP contribution in [0, 0.1) is 0 Å². The molecule has 8 nitrogen and oxygen atoms in total. The summed E-state index contributed by atoms with van der Waals surface area (Å²) in [5.74, 6) is 0.302. The monoisotopic (exact) mass is 489 g/mol. The maximum Gasteiger partial charge on any atom is 0.300 e. The number of carbonyl (C=O) groups is 2. The molecule has 1 N–H and O–H groups in total. The van der Waals surface area contributed by atoms with Crippen LogP contribution < -0.4 is 23.8 Å². The molecule has 3 aromatic rings. The van der Waals surface area contributed by atoms with Crippen LogP contribution >= 0.6 is 0 Å². The first kappa shape index (κ1) is 24.7. The number of methoxy groups -OCH3 is 3. The van der Waals surface area contributed by atoms with E-state index in [-0.39, 0.29) is 11.3 Å². The number of Topliss-reactive ketones (excluding diaryl/α,β-unsaturated/α-hetero) is 1. The van der Waals surface area contributed by atoms with Crippen LogP contribution in [0.2, 0.25) is 0 Å². The third-order valence-corrected chi connectivity index (χ3v) is 5.97. The average Bonchev–Trinajstić information content (AvgIpc) is 3.18. The second kappa shape index (κ2) is 10.4. The van der Waals surface area contributed by atoms with Crippen LogP contribution in [0.5, 0.6) is 23.0 Å². The summed E-state index contributed by atoms with van der Waals surface area (Å²) in [6, 6.07) is 17.6. The Labute approximate surface area is 209 Å². The van der Waals surface area contributed by atoms with Crippen LogP contribution in [0.3, 0.4) is 0 Å². The summed E-state index contributed by atoms with van der Waals surface area (Å²) < 4.78 is 21.6. The van der Waals surface area contributed by atoms with Gasteiger partial charge in [0.05, 0.1) is 39.6 Å². The van der Waals surface area contributed by atoms with Crippen molar-refractivity contribution in [1.29, 1.82) is 0 Å². The fourth-order valence-corrected chi connectivity index (χ4v) is 4.21. The van der Waals surface area contributed by atoms with Crippen molar-refractivity contribution in [3.8, 4) is 23.0 Å².